The zero-order chi connectivity index (χ0) is 14.9. The molecular formula is C14H15BrF3NO. The highest BCUT2D eigenvalue weighted by molar-refractivity contribution is 9.09. The van der Waals surface area contributed by atoms with Crippen LogP contribution in [0, 0.1) is 5.92 Å². The number of rotatable bonds is 1. The molecule has 0 aliphatic carbocycles. The van der Waals surface area contributed by atoms with Crippen LogP contribution in [0.5, 0.6) is 0 Å². The number of hydrogen-bond donors (Lipinski definition) is 0. The van der Waals surface area contributed by atoms with E-state index in [1.54, 1.807) is 4.90 Å². The minimum Gasteiger partial charge on any atom is -0.338 e. The lowest BCUT2D eigenvalue weighted by Gasteiger charge is -2.34. The van der Waals surface area contributed by atoms with Crippen molar-refractivity contribution in [3.05, 3.63) is 35.4 Å². The van der Waals surface area contributed by atoms with Crippen molar-refractivity contribution in [3.8, 4) is 0 Å². The number of alkyl halides is 4. The fourth-order valence-electron chi connectivity index (χ4n) is 2.29. The molecule has 0 saturated carbocycles. The Hall–Kier alpha value is -1.04. The number of carbonyl (C=O) groups is 1. The topological polar surface area (TPSA) is 20.3 Å². The van der Waals surface area contributed by atoms with Crippen molar-refractivity contribution in [2.75, 3.05) is 13.1 Å². The normalized spacial score (nSPS) is 23.8. The minimum absolute atomic E-state index is 0.204. The Bertz CT molecular complexity index is 486. The summed E-state index contributed by atoms with van der Waals surface area (Å²) >= 11 is 3.55. The molecule has 110 valence electrons. The van der Waals surface area contributed by atoms with Gasteiger partial charge in [0, 0.05) is 23.5 Å². The molecule has 1 saturated heterocycles. The van der Waals surface area contributed by atoms with Gasteiger partial charge in [-0.15, -0.1) is 0 Å². The molecule has 1 fully saturated rings. The maximum Gasteiger partial charge on any atom is 0.416 e. The fraction of sp³-hybridized carbons (Fsp3) is 0.500. The van der Waals surface area contributed by atoms with Gasteiger partial charge in [0.1, 0.15) is 0 Å². The Labute approximate surface area is 124 Å². The molecule has 2 atom stereocenters. The Balaban J connectivity index is 2.10. The van der Waals surface area contributed by atoms with Crippen molar-refractivity contribution in [2.45, 2.75) is 24.3 Å². The number of likely N-dealkylation sites (tertiary alicyclic amines) is 1. The van der Waals surface area contributed by atoms with Gasteiger partial charge in [-0.1, -0.05) is 22.9 Å². The van der Waals surface area contributed by atoms with Gasteiger partial charge in [0.15, 0.2) is 0 Å². The molecule has 0 N–H and O–H groups in total. The summed E-state index contributed by atoms with van der Waals surface area (Å²) < 4.78 is 37.4. The minimum atomic E-state index is -4.37. The van der Waals surface area contributed by atoms with Crippen molar-refractivity contribution in [3.63, 3.8) is 0 Å². The van der Waals surface area contributed by atoms with Crippen molar-refractivity contribution in [1.82, 2.24) is 4.90 Å². The van der Waals surface area contributed by atoms with Crippen LogP contribution in [0.25, 0.3) is 0 Å². The summed E-state index contributed by atoms with van der Waals surface area (Å²) in [7, 11) is 0. The quantitative estimate of drug-likeness (QED) is 0.703. The first-order valence-corrected chi connectivity index (χ1v) is 7.31. The smallest absolute Gasteiger partial charge is 0.338 e. The van der Waals surface area contributed by atoms with Crippen LogP contribution in [0.15, 0.2) is 24.3 Å². The van der Waals surface area contributed by atoms with E-state index in [-0.39, 0.29) is 5.91 Å². The second-order valence-electron chi connectivity index (χ2n) is 5.11. The molecule has 2 nitrogen and oxygen atoms in total. The highest BCUT2D eigenvalue weighted by Gasteiger charge is 2.31. The first-order chi connectivity index (χ1) is 9.29. The lowest BCUT2D eigenvalue weighted by Crippen LogP contribution is -2.43. The van der Waals surface area contributed by atoms with Gasteiger partial charge in [-0.3, -0.25) is 4.79 Å². The molecule has 0 radical (unpaired) electrons. The highest BCUT2D eigenvalue weighted by Crippen LogP contribution is 2.29. The zero-order valence-electron chi connectivity index (χ0n) is 11.0. The van der Waals surface area contributed by atoms with E-state index in [0.29, 0.717) is 29.4 Å². The highest BCUT2D eigenvalue weighted by atomic mass is 79.9. The summed E-state index contributed by atoms with van der Waals surface area (Å²) in [5.74, 6) is 0.132. The predicted octanol–water partition coefficient (Wildman–Crippen LogP) is 3.95. The van der Waals surface area contributed by atoms with Crippen molar-refractivity contribution in [2.24, 2.45) is 5.92 Å². The van der Waals surface area contributed by atoms with Crippen LogP contribution >= 0.6 is 15.9 Å². The molecule has 1 heterocycles. The van der Waals surface area contributed by atoms with E-state index in [9.17, 15) is 18.0 Å². The van der Waals surface area contributed by atoms with Gasteiger partial charge in [0.05, 0.1) is 5.56 Å². The fourth-order valence-corrected chi connectivity index (χ4v) is 2.66. The number of nitrogens with zero attached hydrogens (tertiary/aromatic N) is 1. The van der Waals surface area contributed by atoms with Gasteiger partial charge < -0.3 is 4.90 Å². The van der Waals surface area contributed by atoms with Crippen LogP contribution in [0.3, 0.4) is 0 Å². The number of piperidine rings is 1. The second-order valence-corrected chi connectivity index (χ2v) is 6.28. The van der Waals surface area contributed by atoms with Gasteiger partial charge in [-0.05, 0) is 36.6 Å². The van der Waals surface area contributed by atoms with E-state index in [2.05, 4.69) is 15.9 Å². The first-order valence-electron chi connectivity index (χ1n) is 6.39. The molecule has 1 aliphatic heterocycles. The summed E-state index contributed by atoms with van der Waals surface area (Å²) in [4.78, 5) is 14.3. The maximum absolute atomic E-state index is 12.5. The number of halogens is 4. The van der Waals surface area contributed by atoms with Gasteiger partial charge in [0.2, 0.25) is 0 Å². The standard InChI is InChI=1S/C14H15BrF3NO/c1-9-8-19(7-6-12(9)15)13(20)10-2-4-11(5-3-10)14(16,17)18/h2-5,9,12H,6-8H2,1H3. The van der Waals surface area contributed by atoms with E-state index in [4.69, 9.17) is 0 Å². The van der Waals surface area contributed by atoms with E-state index in [0.717, 1.165) is 18.6 Å². The SMILES string of the molecule is CC1CN(C(=O)c2ccc(C(F)(F)F)cc2)CCC1Br. The molecule has 1 aromatic rings. The molecule has 1 aliphatic rings. The van der Waals surface area contributed by atoms with Gasteiger partial charge >= 0.3 is 6.18 Å². The van der Waals surface area contributed by atoms with E-state index in [1.807, 2.05) is 6.92 Å². The van der Waals surface area contributed by atoms with E-state index >= 15 is 0 Å². The second kappa shape index (κ2) is 5.76. The predicted molar refractivity (Wildman–Crippen MR) is 73.8 cm³/mol. The van der Waals surface area contributed by atoms with Gasteiger partial charge in [-0.25, -0.2) is 0 Å². The van der Waals surface area contributed by atoms with E-state index in [1.165, 1.54) is 12.1 Å². The third-order valence-electron chi connectivity index (χ3n) is 3.55. The third kappa shape index (κ3) is 3.34. The number of hydrogen-bond acceptors (Lipinski definition) is 1. The lowest BCUT2D eigenvalue weighted by atomic mass is 9.99. The Kier molecular flexibility index (Phi) is 4.42. The first kappa shape index (κ1) is 15.4. The Morgan fingerprint density at radius 3 is 2.40 bits per heavy atom. The average molecular weight is 350 g/mol. The molecule has 2 rings (SSSR count). The summed E-state index contributed by atoms with van der Waals surface area (Å²) in [6.45, 7) is 3.29. The van der Waals surface area contributed by atoms with E-state index < -0.39 is 11.7 Å². The van der Waals surface area contributed by atoms with Crippen LogP contribution in [-0.4, -0.2) is 28.7 Å². The lowest BCUT2D eigenvalue weighted by molar-refractivity contribution is -0.137. The number of amides is 1. The largest absolute Gasteiger partial charge is 0.416 e. The maximum atomic E-state index is 12.5. The monoisotopic (exact) mass is 349 g/mol. The molecule has 0 spiro atoms. The Morgan fingerprint density at radius 1 is 1.30 bits per heavy atom. The number of carbonyl (C=O) groups excluding carboxylic acids is 1. The van der Waals surface area contributed by atoms with Crippen molar-refractivity contribution >= 4 is 21.8 Å². The summed E-state index contributed by atoms with van der Waals surface area (Å²) in [6.07, 6.45) is -3.52. The van der Waals surface area contributed by atoms with Crippen LogP contribution in [0.2, 0.25) is 0 Å². The van der Waals surface area contributed by atoms with Crippen LogP contribution in [0.4, 0.5) is 13.2 Å². The third-order valence-corrected chi connectivity index (χ3v) is 4.91. The van der Waals surface area contributed by atoms with Gasteiger partial charge in [-0.2, -0.15) is 13.2 Å². The summed E-state index contributed by atoms with van der Waals surface area (Å²) in [5.41, 5.74) is -0.431. The summed E-state index contributed by atoms with van der Waals surface area (Å²) in [5, 5.41) is 0. The average Bonchev–Trinajstić information content (AvgIpc) is 2.40. The molecule has 0 bridgehead atoms. The van der Waals surface area contributed by atoms with Crippen molar-refractivity contribution < 1.29 is 18.0 Å². The van der Waals surface area contributed by atoms with Crippen LogP contribution in [0.1, 0.15) is 29.3 Å². The molecule has 2 unspecified atom stereocenters. The van der Waals surface area contributed by atoms with Crippen LogP contribution in [-0.2, 0) is 6.18 Å². The summed E-state index contributed by atoms with van der Waals surface area (Å²) in [6, 6.07) is 4.40. The van der Waals surface area contributed by atoms with Crippen LogP contribution < -0.4 is 0 Å². The van der Waals surface area contributed by atoms with Gasteiger partial charge in [0.25, 0.3) is 5.91 Å². The molecule has 1 amide bonds. The Morgan fingerprint density at radius 2 is 1.90 bits per heavy atom. The molecule has 6 heteroatoms. The molecule has 1 aromatic carbocycles. The van der Waals surface area contributed by atoms with Crippen molar-refractivity contribution in [1.29, 1.82) is 0 Å². The molecule has 20 heavy (non-hydrogen) atoms. The zero-order valence-corrected chi connectivity index (χ0v) is 12.5. The number of benzene rings is 1. The molecular weight excluding hydrogens is 335 g/mol. The molecule has 0 aromatic heterocycles.